The zero-order valence-electron chi connectivity index (χ0n) is 13.6. The van der Waals surface area contributed by atoms with Gasteiger partial charge in [-0.05, 0) is 36.8 Å². The van der Waals surface area contributed by atoms with E-state index in [4.69, 9.17) is 14.2 Å². The molecule has 0 aliphatic carbocycles. The lowest BCUT2D eigenvalue weighted by atomic mass is 10.1. The Hall–Kier alpha value is -2.59. The summed E-state index contributed by atoms with van der Waals surface area (Å²) in [7, 11) is 0. The van der Waals surface area contributed by atoms with Crippen molar-refractivity contribution in [1.29, 1.82) is 0 Å². The van der Waals surface area contributed by atoms with Gasteiger partial charge in [-0.15, -0.1) is 0 Å². The molecule has 4 heteroatoms. The number of fused-ring (bicyclic) bond motifs is 3. The van der Waals surface area contributed by atoms with Gasteiger partial charge in [0.15, 0.2) is 17.6 Å². The van der Waals surface area contributed by atoms with Gasteiger partial charge in [0.05, 0.1) is 18.7 Å². The Morgan fingerprint density at radius 1 is 1.08 bits per heavy atom. The van der Waals surface area contributed by atoms with Crippen LogP contribution < -0.4 is 9.47 Å². The van der Waals surface area contributed by atoms with E-state index in [1.165, 1.54) is 0 Å². The van der Waals surface area contributed by atoms with Gasteiger partial charge >= 0.3 is 0 Å². The fraction of sp³-hybridized carbons (Fsp3) is 0.250. The Labute approximate surface area is 141 Å². The first-order valence-electron chi connectivity index (χ1n) is 8.11. The summed E-state index contributed by atoms with van der Waals surface area (Å²) in [5, 5.41) is 0.978. The summed E-state index contributed by atoms with van der Waals surface area (Å²) in [6.45, 7) is 3.54. The number of aromatic nitrogens is 1. The lowest BCUT2D eigenvalue weighted by Crippen LogP contribution is -2.33. The molecule has 3 aromatic rings. The summed E-state index contributed by atoms with van der Waals surface area (Å²) in [5.41, 5.74) is 3.06. The van der Waals surface area contributed by atoms with Crippen molar-refractivity contribution in [2.45, 2.75) is 19.6 Å². The minimum atomic E-state index is -0.117. The molecule has 122 valence electrons. The summed E-state index contributed by atoms with van der Waals surface area (Å²) < 4.78 is 17.8. The molecule has 4 nitrogen and oxygen atoms in total. The molecule has 1 atom stereocenters. The monoisotopic (exact) mass is 321 g/mol. The third-order valence-corrected chi connectivity index (χ3v) is 4.05. The molecular weight excluding hydrogens is 302 g/mol. The van der Waals surface area contributed by atoms with Crippen LogP contribution in [0.2, 0.25) is 0 Å². The van der Waals surface area contributed by atoms with Crippen LogP contribution in [0.4, 0.5) is 0 Å². The van der Waals surface area contributed by atoms with Crippen molar-refractivity contribution in [1.82, 2.24) is 4.98 Å². The van der Waals surface area contributed by atoms with Crippen LogP contribution in [0.25, 0.3) is 10.9 Å². The van der Waals surface area contributed by atoms with Crippen molar-refractivity contribution < 1.29 is 14.2 Å². The number of rotatable bonds is 4. The van der Waals surface area contributed by atoms with E-state index in [2.05, 4.69) is 17.1 Å². The first-order valence-corrected chi connectivity index (χ1v) is 8.11. The summed E-state index contributed by atoms with van der Waals surface area (Å²) in [5.74, 6) is 1.53. The van der Waals surface area contributed by atoms with Crippen LogP contribution in [0.3, 0.4) is 0 Å². The molecule has 0 saturated heterocycles. The molecule has 1 aliphatic rings. The van der Waals surface area contributed by atoms with Gasteiger partial charge in [-0.2, -0.15) is 0 Å². The maximum absolute atomic E-state index is 6.13. The Morgan fingerprint density at radius 3 is 2.83 bits per heavy atom. The molecule has 4 rings (SSSR count). The van der Waals surface area contributed by atoms with Gasteiger partial charge in [0, 0.05) is 11.1 Å². The van der Waals surface area contributed by atoms with Crippen LogP contribution >= 0.6 is 0 Å². The second-order valence-electron chi connectivity index (χ2n) is 5.96. The van der Waals surface area contributed by atoms with Crippen molar-refractivity contribution in [3.8, 4) is 11.5 Å². The molecule has 24 heavy (non-hydrogen) atoms. The van der Waals surface area contributed by atoms with Gasteiger partial charge in [-0.1, -0.05) is 30.3 Å². The van der Waals surface area contributed by atoms with E-state index in [0.29, 0.717) is 19.8 Å². The summed E-state index contributed by atoms with van der Waals surface area (Å²) in [6.07, 6.45) is -0.117. The van der Waals surface area contributed by atoms with Gasteiger partial charge in [0.2, 0.25) is 0 Å². The topological polar surface area (TPSA) is 40.6 Å². The van der Waals surface area contributed by atoms with Gasteiger partial charge in [0.1, 0.15) is 6.61 Å². The molecule has 0 saturated carbocycles. The normalized spacial score (nSPS) is 16.3. The largest absolute Gasteiger partial charge is 0.486 e. The Bertz CT molecular complexity index is 848. The van der Waals surface area contributed by atoms with Crippen molar-refractivity contribution in [2.75, 3.05) is 13.2 Å². The maximum Gasteiger partial charge on any atom is 0.171 e. The number of benzene rings is 2. The Morgan fingerprint density at radius 2 is 1.96 bits per heavy atom. The minimum absolute atomic E-state index is 0.117. The summed E-state index contributed by atoms with van der Waals surface area (Å²) in [4.78, 5) is 4.54. The highest BCUT2D eigenvalue weighted by Gasteiger charge is 2.23. The molecule has 0 amide bonds. The fourth-order valence-corrected chi connectivity index (χ4v) is 2.84. The SMILES string of the molecule is Cc1ccc2c3c(ccc2n1)OCC(COCc1ccccc1)O3. The zero-order chi connectivity index (χ0) is 16.4. The Kier molecular flexibility index (Phi) is 4.05. The fourth-order valence-electron chi connectivity index (χ4n) is 2.84. The van der Waals surface area contributed by atoms with Crippen LogP contribution in [0.5, 0.6) is 11.5 Å². The lowest BCUT2D eigenvalue weighted by Gasteiger charge is -2.27. The van der Waals surface area contributed by atoms with Crippen LogP contribution in [0, 0.1) is 6.92 Å². The van der Waals surface area contributed by atoms with Crippen molar-refractivity contribution >= 4 is 10.9 Å². The van der Waals surface area contributed by atoms with Crippen molar-refractivity contribution in [3.05, 3.63) is 65.9 Å². The average Bonchev–Trinajstić information content (AvgIpc) is 2.62. The minimum Gasteiger partial charge on any atom is -0.486 e. The molecular formula is C20H19NO3. The molecule has 2 heterocycles. The van der Waals surface area contributed by atoms with E-state index in [9.17, 15) is 0 Å². The number of aryl methyl sites for hydroxylation is 1. The first kappa shape index (κ1) is 15.0. The van der Waals surface area contributed by atoms with Gasteiger partial charge in [0.25, 0.3) is 0 Å². The molecule has 0 bridgehead atoms. The standard InChI is InChI=1S/C20H19NO3/c1-14-7-8-17-18(21-14)9-10-19-20(17)24-16(13-23-19)12-22-11-15-5-3-2-4-6-15/h2-10,16H,11-13H2,1H3. The van der Waals surface area contributed by atoms with Gasteiger partial charge < -0.3 is 14.2 Å². The summed E-state index contributed by atoms with van der Waals surface area (Å²) in [6, 6.07) is 18.0. The molecule has 0 radical (unpaired) electrons. The highest BCUT2D eigenvalue weighted by atomic mass is 16.6. The number of hydrogen-bond acceptors (Lipinski definition) is 4. The van der Waals surface area contributed by atoms with E-state index in [1.54, 1.807) is 0 Å². The number of ether oxygens (including phenoxy) is 3. The van der Waals surface area contributed by atoms with Crippen molar-refractivity contribution in [3.63, 3.8) is 0 Å². The first-order chi connectivity index (χ1) is 11.8. The quantitative estimate of drug-likeness (QED) is 0.731. The maximum atomic E-state index is 6.13. The zero-order valence-corrected chi connectivity index (χ0v) is 13.6. The molecule has 0 spiro atoms. The third kappa shape index (κ3) is 3.05. The van der Waals surface area contributed by atoms with Gasteiger partial charge in [-0.3, -0.25) is 4.98 Å². The average molecular weight is 321 g/mol. The smallest absolute Gasteiger partial charge is 0.171 e. The number of hydrogen-bond donors (Lipinski definition) is 0. The van der Waals surface area contributed by atoms with E-state index in [0.717, 1.165) is 33.7 Å². The molecule has 0 N–H and O–H groups in total. The molecule has 1 aromatic heterocycles. The van der Waals surface area contributed by atoms with Crippen LogP contribution in [-0.2, 0) is 11.3 Å². The number of pyridine rings is 1. The highest BCUT2D eigenvalue weighted by molar-refractivity contribution is 5.88. The van der Waals surface area contributed by atoms with Crippen LogP contribution in [0.1, 0.15) is 11.3 Å². The predicted octanol–water partition coefficient (Wildman–Crippen LogP) is 3.90. The third-order valence-electron chi connectivity index (χ3n) is 4.05. The molecule has 1 aliphatic heterocycles. The second kappa shape index (κ2) is 6.49. The Balaban J connectivity index is 1.46. The highest BCUT2D eigenvalue weighted by Crippen LogP contribution is 2.38. The second-order valence-corrected chi connectivity index (χ2v) is 5.96. The molecule has 1 unspecified atom stereocenters. The van der Waals surface area contributed by atoms with E-state index in [1.807, 2.05) is 49.4 Å². The van der Waals surface area contributed by atoms with E-state index >= 15 is 0 Å². The molecule has 2 aromatic carbocycles. The predicted molar refractivity (Wildman–Crippen MR) is 92.5 cm³/mol. The van der Waals surface area contributed by atoms with E-state index < -0.39 is 0 Å². The number of nitrogens with zero attached hydrogens (tertiary/aromatic N) is 1. The van der Waals surface area contributed by atoms with Crippen LogP contribution in [0.15, 0.2) is 54.6 Å². The van der Waals surface area contributed by atoms with Gasteiger partial charge in [-0.25, -0.2) is 0 Å². The summed E-state index contributed by atoms with van der Waals surface area (Å²) >= 11 is 0. The van der Waals surface area contributed by atoms with E-state index in [-0.39, 0.29) is 6.10 Å². The van der Waals surface area contributed by atoms with Crippen LogP contribution in [-0.4, -0.2) is 24.3 Å². The molecule has 0 fully saturated rings. The lowest BCUT2D eigenvalue weighted by molar-refractivity contribution is 0.00373. The van der Waals surface area contributed by atoms with Crippen molar-refractivity contribution in [2.24, 2.45) is 0 Å².